The highest BCUT2D eigenvalue weighted by Gasteiger charge is 2.17. The Kier molecular flexibility index (Phi) is 8.24. The van der Waals surface area contributed by atoms with Crippen LogP contribution < -0.4 is 14.2 Å². The van der Waals surface area contributed by atoms with Crippen molar-refractivity contribution in [3.63, 3.8) is 0 Å². The first-order valence-electron chi connectivity index (χ1n) is 11.9. The zero-order valence-corrected chi connectivity index (χ0v) is 21.4. The van der Waals surface area contributed by atoms with Gasteiger partial charge in [0.25, 0.3) is 0 Å². The Balaban J connectivity index is 2.01. The van der Waals surface area contributed by atoms with Gasteiger partial charge in [0.05, 0.1) is 21.3 Å². The van der Waals surface area contributed by atoms with Gasteiger partial charge in [0.15, 0.2) is 0 Å². The molecular formula is C33H26N2O3. The van der Waals surface area contributed by atoms with E-state index in [1.165, 1.54) is 0 Å². The van der Waals surface area contributed by atoms with Gasteiger partial charge in [-0.05, 0) is 81.4 Å². The Morgan fingerprint density at radius 1 is 0.500 bits per heavy atom. The lowest BCUT2D eigenvalue weighted by atomic mass is 9.85. The van der Waals surface area contributed by atoms with Gasteiger partial charge in [-0.1, -0.05) is 60.7 Å². The van der Waals surface area contributed by atoms with Crippen molar-refractivity contribution < 1.29 is 14.2 Å². The number of methoxy groups -OCH3 is 3. The highest BCUT2D eigenvalue weighted by atomic mass is 16.5. The first-order chi connectivity index (χ1) is 18.6. The van der Waals surface area contributed by atoms with E-state index in [4.69, 9.17) is 24.7 Å². The van der Waals surface area contributed by atoms with Gasteiger partial charge in [-0.25, -0.2) is 0 Å². The lowest BCUT2D eigenvalue weighted by molar-refractivity contribution is 0.414. The van der Waals surface area contributed by atoms with E-state index in [9.17, 15) is 0 Å². The molecule has 38 heavy (non-hydrogen) atoms. The predicted octanol–water partition coefficient (Wildman–Crippen LogP) is 7.15. The lowest BCUT2D eigenvalue weighted by Gasteiger charge is -2.19. The van der Waals surface area contributed by atoms with Crippen LogP contribution in [-0.4, -0.2) is 21.3 Å². The number of rotatable bonds is 8. The molecule has 0 saturated carbocycles. The Bertz CT molecular complexity index is 1470. The van der Waals surface area contributed by atoms with Crippen molar-refractivity contribution in [2.75, 3.05) is 21.3 Å². The summed E-state index contributed by atoms with van der Waals surface area (Å²) in [6, 6.07) is 35.6. The molecular weight excluding hydrogens is 472 g/mol. The molecule has 0 amide bonds. The molecule has 4 aromatic rings. The number of hydrogen-bond donors (Lipinski definition) is 0. The summed E-state index contributed by atoms with van der Waals surface area (Å²) in [5.41, 5.74) is 6.88. The molecule has 5 nitrogen and oxygen atoms in total. The molecule has 0 radical (unpaired) electrons. The van der Waals surface area contributed by atoms with E-state index < -0.39 is 0 Å². The fraction of sp³-hybridized carbons (Fsp3) is 0.0909. The van der Waals surface area contributed by atoms with Crippen LogP contribution in [0.15, 0.2) is 103 Å². The van der Waals surface area contributed by atoms with Crippen LogP contribution in [-0.2, 0) is 0 Å². The van der Waals surface area contributed by atoms with Gasteiger partial charge in [-0.3, -0.25) is 0 Å². The van der Waals surface area contributed by atoms with E-state index in [1.54, 1.807) is 27.4 Å². The molecule has 4 aromatic carbocycles. The minimum atomic E-state index is 0.0563. The summed E-state index contributed by atoms with van der Waals surface area (Å²) in [5, 5.41) is 18.3. The summed E-state index contributed by atoms with van der Waals surface area (Å²) < 4.78 is 16.2. The smallest absolute Gasteiger partial charge is 0.130 e. The average Bonchev–Trinajstić information content (AvgIpc) is 2.99. The van der Waals surface area contributed by atoms with Crippen molar-refractivity contribution in [2.24, 2.45) is 0 Å². The van der Waals surface area contributed by atoms with Crippen LogP contribution in [0.2, 0.25) is 0 Å². The minimum Gasteiger partial charge on any atom is -0.497 e. The van der Waals surface area contributed by atoms with E-state index >= 15 is 0 Å². The van der Waals surface area contributed by atoms with Crippen LogP contribution in [0, 0.1) is 22.7 Å². The monoisotopic (exact) mass is 498 g/mol. The number of ether oxygens (including phenoxy) is 3. The van der Waals surface area contributed by atoms with Crippen LogP contribution in [0.25, 0.3) is 17.2 Å². The second-order valence-corrected chi connectivity index (χ2v) is 8.34. The molecule has 0 N–H and O–H groups in total. The van der Waals surface area contributed by atoms with Gasteiger partial charge >= 0.3 is 0 Å². The Hall–Kier alpha value is -5.26. The van der Waals surface area contributed by atoms with Gasteiger partial charge in [0.2, 0.25) is 0 Å². The Morgan fingerprint density at radius 2 is 0.789 bits per heavy atom. The molecule has 0 spiro atoms. The molecule has 4 rings (SSSR count). The average molecular weight is 499 g/mol. The van der Waals surface area contributed by atoms with Crippen LogP contribution >= 0.6 is 0 Å². The fourth-order valence-corrected chi connectivity index (χ4v) is 4.19. The standard InChI is InChI=1S/C33H26N2O3/c1-36-29-14-8-26(9-15-29)32(25-6-4-23(5-7-25)20-24(21-34)22-35)33(27-10-16-30(37-2)17-11-27)28-12-18-31(38-3)19-13-28/h4-20H,1-3H3. The van der Waals surface area contributed by atoms with Gasteiger partial charge in [-0.15, -0.1) is 0 Å². The first kappa shape index (κ1) is 25.8. The third-order valence-electron chi connectivity index (χ3n) is 6.14. The quantitative estimate of drug-likeness (QED) is 0.190. The lowest BCUT2D eigenvalue weighted by Crippen LogP contribution is -1.98. The van der Waals surface area contributed by atoms with Crippen molar-refractivity contribution in [2.45, 2.75) is 0 Å². The Morgan fingerprint density at radius 3 is 1.05 bits per heavy atom. The summed E-state index contributed by atoms with van der Waals surface area (Å²) in [6.07, 6.45) is 1.58. The highest BCUT2D eigenvalue weighted by molar-refractivity contribution is 6.04. The summed E-state index contributed by atoms with van der Waals surface area (Å²) >= 11 is 0. The largest absolute Gasteiger partial charge is 0.497 e. The molecule has 0 saturated heterocycles. The van der Waals surface area contributed by atoms with Crippen molar-refractivity contribution in [1.82, 2.24) is 0 Å². The van der Waals surface area contributed by atoms with Crippen LogP contribution in [0.1, 0.15) is 27.8 Å². The molecule has 0 fully saturated rings. The van der Waals surface area contributed by atoms with Gasteiger partial charge < -0.3 is 14.2 Å². The van der Waals surface area contributed by atoms with Crippen molar-refractivity contribution in [3.8, 4) is 29.4 Å². The predicted molar refractivity (Wildman–Crippen MR) is 150 cm³/mol. The van der Waals surface area contributed by atoms with Crippen LogP contribution in [0.5, 0.6) is 17.2 Å². The normalized spacial score (nSPS) is 9.92. The van der Waals surface area contributed by atoms with E-state index in [0.717, 1.165) is 56.2 Å². The van der Waals surface area contributed by atoms with E-state index in [2.05, 4.69) is 0 Å². The molecule has 5 heteroatoms. The second kappa shape index (κ2) is 12.1. The summed E-state index contributed by atoms with van der Waals surface area (Å²) in [7, 11) is 4.95. The van der Waals surface area contributed by atoms with Crippen molar-refractivity contribution in [3.05, 3.63) is 130 Å². The summed E-state index contributed by atoms with van der Waals surface area (Å²) in [5.74, 6) is 2.32. The van der Waals surface area contributed by atoms with E-state index in [1.807, 2.05) is 109 Å². The van der Waals surface area contributed by atoms with Gasteiger partial charge in [-0.2, -0.15) is 10.5 Å². The van der Waals surface area contributed by atoms with Gasteiger partial charge in [0.1, 0.15) is 35.0 Å². The third-order valence-corrected chi connectivity index (χ3v) is 6.14. The van der Waals surface area contributed by atoms with E-state index in [-0.39, 0.29) is 5.57 Å². The molecule has 0 atom stereocenters. The molecule has 0 aliphatic rings. The first-order valence-corrected chi connectivity index (χ1v) is 11.9. The second-order valence-electron chi connectivity index (χ2n) is 8.34. The summed E-state index contributed by atoms with van der Waals surface area (Å²) in [6.45, 7) is 0. The topological polar surface area (TPSA) is 75.3 Å². The van der Waals surface area contributed by atoms with Crippen LogP contribution in [0.4, 0.5) is 0 Å². The number of allylic oxidation sites excluding steroid dienone is 1. The SMILES string of the molecule is COc1ccc(C(=C(c2ccc(OC)cc2)c2ccc(OC)cc2)c2ccc(C=C(C#N)C#N)cc2)cc1. The molecule has 0 aliphatic heterocycles. The molecule has 186 valence electrons. The molecule has 0 aliphatic carbocycles. The number of nitrogens with zero attached hydrogens (tertiary/aromatic N) is 2. The van der Waals surface area contributed by atoms with Crippen molar-refractivity contribution >= 4 is 17.2 Å². The van der Waals surface area contributed by atoms with Crippen LogP contribution in [0.3, 0.4) is 0 Å². The molecule has 0 aromatic heterocycles. The van der Waals surface area contributed by atoms with Gasteiger partial charge in [0, 0.05) is 0 Å². The minimum absolute atomic E-state index is 0.0563. The maximum absolute atomic E-state index is 9.14. The highest BCUT2D eigenvalue weighted by Crippen LogP contribution is 2.38. The summed E-state index contributed by atoms with van der Waals surface area (Å²) in [4.78, 5) is 0. The van der Waals surface area contributed by atoms with E-state index in [0.29, 0.717) is 0 Å². The van der Waals surface area contributed by atoms with Crippen molar-refractivity contribution in [1.29, 1.82) is 10.5 Å². The number of nitriles is 2. The maximum atomic E-state index is 9.14. The third kappa shape index (κ3) is 5.75. The molecule has 0 bridgehead atoms. The maximum Gasteiger partial charge on any atom is 0.130 e. The molecule has 0 heterocycles. The molecule has 0 unspecified atom stereocenters. The zero-order valence-electron chi connectivity index (χ0n) is 21.4. The zero-order chi connectivity index (χ0) is 26.9. The fourth-order valence-electron chi connectivity index (χ4n) is 4.19. The Labute approximate surface area is 223 Å². The number of hydrogen-bond acceptors (Lipinski definition) is 5. The number of benzene rings is 4.